The number of rotatable bonds is 3. The predicted octanol–water partition coefficient (Wildman–Crippen LogP) is 2.56. The molecule has 116 valence electrons. The van der Waals surface area contributed by atoms with Crippen molar-refractivity contribution in [1.82, 2.24) is 4.98 Å². The highest BCUT2D eigenvalue weighted by Gasteiger charge is 2.29. The first kappa shape index (κ1) is 14.9. The number of nitrogens with zero attached hydrogens (tertiary/aromatic N) is 2. The fourth-order valence-corrected chi connectivity index (χ4v) is 3.73. The van der Waals surface area contributed by atoms with Gasteiger partial charge in [-0.2, -0.15) is 0 Å². The van der Waals surface area contributed by atoms with Crippen LogP contribution in [-0.2, 0) is 9.84 Å². The first-order valence-electron chi connectivity index (χ1n) is 6.54. The van der Waals surface area contributed by atoms with Crippen molar-refractivity contribution in [2.24, 2.45) is 0 Å². The van der Waals surface area contributed by atoms with Gasteiger partial charge in [0.1, 0.15) is 4.90 Å². The van der Waals surface area contributed by atoms with Gasteiger partial charge in [0.05, 0.1) is 20.7 Å². The molecule has 1 aromatic heterocycles. The molecule has 7 nitrogen and oxygen atoms in total. The fraction of sp³-hybridized carbons (Fsp3) is 0. The molecule has 1 heterocycles. The highest BCUT2D eigenvalue weighted by Crippen LogP contribution is 2.35. The smallest absolute Gasteiger partial charge is 0.297 e. The molecule has 2 aromatic carbocycles. The van der Waals surface area contributed by atoms with E-state index in [1.165, 1.54) is 54.7 Å². The molecule has 0 radical (unpaired) electrons. The van der Waals surface area contributed by atoms with E-state index in [0.717, 1.165) is 0 Å². The quantitative estimate of drug-likeness (QED) is 0.448. The van der Waals surface area contributed by atoms with Crippen LogP contribution in [0.2, 0.25) is 0 Å². The number of sulfone groups is 1. The molecule has 0 saturated heterocycles. The first-order chi connectivity index (χ1) is 10.9. The van der Waals surface area contributed by atoms with Gasteiger partial charge in [0.25, 0.3) is 5.69 Å². The Labute approximate surface area is 131 Å². The fourth-order valence-electron chi connectivity index (χ4n) is 2.30. The third-order valence-electron chi connectivity index (χ3n) is 3.38. The minimum atomic E-state index is -4.05. The molecule has 23 heavy (non-hydrogen) atoms. The number of benzene rings is 2. The van der Waals surface area contributed by atoms with E-state index in [0.29, 0.717) is 11.2 Å². The van der Waals surface area contributed by atoms with Gasteiger partial charge in [-0.15, -0.1) is 0 Å². The van der Waals surface area contributed by atoms with Gasteiger partial charge in [-0.25, -0.2) is 8.42 Å². The van der Waals surface area contributed by atoms with Crippen molar-refractivity contribution in [1.29, 1.82) is 0 Å². The van der Waals surface area contributed by atoms with Crippen molar-refractivity contribution in [3.8, 4) is 0 Å². The van der Waals surface area contributed by atoms with Crippen molar-refractivity contribution in [2.45, 2.75) is 9.79 Å². The Hall–Kier alpha value is -3.00. The molecule has 8 heteroatoms. The third-order valence-corrected chi connectivity index (χ3v) is 5.18. The van der Waals surface area contributed by atoms with Gasteiger partial charge < -0.3 is 5.73 Å². The number of nitro benzene ring substituents is 1. The Morgan fingerprint density at radius 2 is 1.74 bits per heavy atom. The number of fused-ring (bicyclic) bond motifs is 1. The molecule has 0 bridgehead atoms. The molecule has 0 fully saturated rings. The number of nitrogens with two attached hydrogens (primary N) is 1. The summed E-state index contributed by atoms with van der Waals surface area (Å²) in [5.74, 6) is 0. The normalized spacial score (nSPS) is 11.5. The summed E-state index contributed by atoms with van der Waals surface area (Å²) in [6.45, 7) is 0. The number of hydrogen-bond acceptors (Lipinski definition) is 6. The summed E-state index contributed by atoms with van der Waals surface area (Å²) in [7, 11) is -4.05. The predicted molar refractivity (Wildman–Crippen MR) is 84.7 cm³/mol. The number of pyridine rings is 1. The lowest BCUT2D eigenvalue weighted by Crippen LogP contribution is -2.06. The average molecular weight is 329 g/mol. The van der Waals surface area contributed by atoms with Gasteiger partial charge in [-0.05, 0) is 48.5 Å². The van der Waals surface area contributed by atoms with E-state index in [4.69, 9.17) is 5.73 Å². The van der Waals surface area contributed by atoms with Crippen LogP contribution in [-0.4, -0.2) is 18.3 Å². The third kappa shape index (κ3) is 2.49. The molecule has 2 N–H and O–H groups in total. The number of nitro groups is 1. The highest BCUT2D eigenvalue weighted by atomic mass is 32.2. The lowest BCUT2D eigenvalue weighted by atomic mass is 10.2. The van der Waals surface area contributed by atoms with E-state index >= 15 is 0 Å². The number of nitrogen functional groups attached to an aromatic ring is 1. The van der Waals surface area contributed by atoms with Crippen LogP contribution in [0.5, 0.6) is 0 Å². The summed E-state index contributed by atoms with van der Waals surface area (Å²) < 4.78 is 25.5. The molecule has 0 aliphatic carbocycles. The molecular formula is C15H11N3O4S. The van der Waals surface area contributed by atoms with E-state index in [1.54, 1.807) is 0 Å². The summed E-state index contributed by atoms with van der Waals surface area (Å²) in [6, 6.07) is 11.2. The lowest BCUT2D eigenvalue weighted by molar-refractivity contribution is -0.386. The van der Waals surface area contributed by atoms with Gasteiger partial charge in [0.2, 0.25) is 9.84 Å². The summed E-state index contributed by atoms with van der Waals surface area (Å²) in [5, 5.41) is 11.6. The second-order valence-electron chi connectivity index (χ2n) is 4.81. The Balaban J connectivity index is 2.33. The van der Waals surface area contributed by atoms with Gasteiger partial charge in [0, 0.05) is 11.9 Å². The van der Waals surface area contributed by atoms with Crippen LogP contribution in [0.3, 0.4) is 0 Å². The Kier molecular flexibility index (Phi) is 3.45. The second-order valence-corrected chi connectivity index (χ2v) is 6.73. The molecule has 0 atom stereocenters. The zero-order chi connectivity index (χ0) is 16.6. The van der Waals surface area contributed by atoms with Crippen LogP contribution < -0.4 is 5.73 Å². The monoisotopic (exact) mass is 329 g/mol. The molecule has 0 spiro atoms. The minimum Gasteiger partial charge on any atom is -0.399 e. The van der Waals surface area contributed by atoms with Gasteiger partial charge in [-0.1, -0.05) is 0 Å². The van der Waals surface area contributed by atoms with Crippen LogP contribution in [0.15, 0.2) is 64.5 Å². The van der Waals surface area contributed by atoms with Crippen molar-refractivity contribution in [3.63, 3.8) is 0 Å². The maximum absolute atomic E-state index is 12.7. The maximum atomic E-state index is 12.7. The zero-order valence-electron chi connectivity index (χ0n) is 11.7. The lowest BCUT2D eigenvalue weighted by Gasteiger charge is -2.08. The van der Waals surface area contributed by atoms with Gasteiger partial charge in [-0.3, -0.25) is 15.1 Å². The molecule has 3 aromatic rings. The van der Waals surface area contributed by atoms with Crippen LogP contribution in [0.25, 0.3) is 10.9 Å². The summed E-state index contributed by atoms with van der Waals surface area (Å²) in [4.78, 5) is 14.4. The molecule has 0 unspecified atom stereocenters. The van der Waals surface area contributed by atoms with Crippen LogP contribution >= 0.6 is 0 Å². The van der Waals surface area contributed by atoms with Crippen molar-refractivity contribution < 1.29 is 13.3 Å². The summed E-state index contributed by atoms with van der Waals surface area (Å²) >= 11 is 0. The SMILES string of the molecule is Nc1ccc(S(=O)(=O)c2ccc3ncccc3c2[N+](=O)[O-])cc1. The largest absolute Gasteiger partial charge is 0.399 e. The summed E-state index contributed by atoms with van der Waals surface area (Å²) in [5.41, 5.74) is 5.83. The molecule has 3 rings (SSSR count). The van der Waals surface area contributed by atoms with Crippen LogP contribution in [0.4, 0.5) is 11.4 Å². The van der Waals surface area contributed by atoms with Crippen molar-refractivity contribution in [3.05, 3.63) is 64.8 Å². The van der Waals surface area contributed by atoms with Gasteiger partial charge >= 0.3 is 0 Å². The van der Waals surface area contributed by atoms with E-state index in [-0.39, 0.29) is 15.2 Å². The Morgan fingerprint density at radius 1 is 1.04 bits per heavy atom. The second kappa shape index (κ2) is 5.33. The van der Waals surface area contributed by atoms with E-state index in [2.05, 4.69) is 4.98 Å². The molecule has 0 aliphatic rings. The van der Waals surface area contributed by atoms with Crippen LogP contribution in [0, 0.1) is 10.1 Å². The topological polar surface area (TPSA) is 116 Å². The number of hydrogen-bond donors (Lipinski definition) is 1. The Bertz CT molecular complexity index is 1010. The van der Waals surface area contributed by atoms with E-state index < -0.39 is 20.4 Å². The average Bonchev–Trinajstić information content (AvgIpc) is 2.54. The van der Waals surface area contributed by atoms with Crippen LogP contribution in [0.1, 0.15) is 0 Å². The molecule has 0 aliphatic heterocycles. The van der Waals surface area contributed by atoms with Crippen molar-refractivity contribution in [2.75, 3.05) is 5.73 Å². The van der Waals surface area contributed by atoms with Crippen molar-refractivity contribution >= 4 is 32.1 Å². The molecular weight excluding hydrogens is 318 g/mol. The summed E-state index contributed by atoms with van der Waals surface area (Å²) in [6.07, 6.45) is 1.49. The van der Waals surface area contributed by atoms with E-state index in [1.807, 2.05) is 0 Å². The minimum absolute atomic E-state index is 0.0574. The standard InChI is InChI=1S/C15H11N3O4S/c16-10-3-5-11(6-4-10)23(21,22)14-8-7-13-12(2-1-9-17-13)15(14)18(19)20/h1-9H,16H2. The van der Waals surface area contributed by atoms with E-state index in [9.17, 15) is 18.5 Å². The first-order valence-corrected chi connectivity index (χ1v) is 8.02. The molecule has 0 saturated carbocycles. The maximum Gasteiger partial charge on any atom is 0.297 e. The highest BCUT2D eigenvalue weighted by molar-refractivity contribution is 7.91. The van der Waals surface area contributed by atoms with Gasteiger partial charge in [0.15, 0.2) is 0 Å². The Morgan fingerprint density at radius 3 is 2.39 bits per heavy atom. The number of aromatic nitrogens is 1. The number of anilines is 1. The zero-order valence-corrected chi connectivity index (χ0v) is 12.5. The molecule has 0 amide bonds.